The summed E-state index contributed by atoms with van der Waals surface area (Å²) in [6, 6.07) is -0.380. The van der Waals surface area contributed by atoms with E-state index in [2.05, 4.69) is 0 Å². The number of carboxylic acids is 1. The third kappa shape index (κ3) is 8.15. The molecule has 0 saturated carbocycles. The number of hydrogen-bond donors (Lipinski definition) is 6. The zero-order valence-electron chi connectivity index (χ0n) is 11.6. The molecule has 6 N–H and O–H groups in total. The molecule has 0 aromatic rings. The summed E-state index contributed by atoms with van der Waals surface area (Å²) in [5.74, 6) is -0.782. The zero-order chi connectivity index (χ0) is 16.5. The van der Waals surface area contributed by atoms with Crippen molar-refractivity contribution < 1.29 is 40.2 Å². The number of aliphatic hydroxyl groups is 5. The summed E-state index contributed by atoms with van der Waals surface area (Å²) in [7, 11) is 3.47. The molecular formula is C11H23NO8. The van der Waals surface area contributed by atoms with E-state index in [0.717, 1.165) is 0 Å². The number of rotatable bonds is 7. The van der Waals surface area contributed by atoms with E-state index in [9.17, 15) is 9.59 Å². The molecule has 0 aromatic heterocycles. The van der Waals surface area contributed by atoms with Crippen LogP contribution in [-0.2, 0) is 9.59 Å². The molecule has 120 valence electrons. The van der Waals surface area contributed by atoms with E-state index < -0.39 is 37.0 Å². The highest BCUT2D eigenvalue weighted by Crippen LogP contribution is 2.02. The maximum Gasteiger partial charge on any atom is 0.320 e. The minimum atomic E-state index is -1.79. The lowest BCUT2D eigenvalue weighted by atomic mass is 10.0. The minimum Gasteiger partial charge on any atom is -0.480 e. The van der Waals surface area contributed by atoms with E-state index in [-0.39, 0.29) is 12.3 Å². The summed E-state index contributed by atoms with van der Waals surface area (Å²) in [4.78, 5) is 21.6. The second-order valence-corrected chi connectivity index (χ2v) is 4.34. The van der Waals surface area contributed by atoms with Crippen molar-refractivity contribution in [3.8, 4) is 0 Å². The van der Waals surface area contributed by atoms with E-state index in [0.29, 0.717) is 0 Å². The molecule has 0 spiro atoms. The van der Waals surface area contributed by atoms with Crippen molar-refractivity contribution in [2.75, 3.05) is 20.7 Å². The van der Waals surface area contributed by atoms with Crippen molar-refractivity contribution in [2.24, 2.45) is 0 Å². The van der Waals surface area contributed by atoms with E-state index in [1.54, 1.807) is 25.9 Å². The molecule has 0 saturated heterocycles. The van der Waals surface area contributed by atoms with Gasteiger partial charge in [0.25, 0.3) is 0 Å². The van der Waals surface area contributed by atoms with Crippen molar-refractivity contribution in [3.63, 3.8) is 0 Å². The van der Waals surface area contributed by atoms with Crippen molar-refractivity contribution in [3.05, 3.63) is 0 Å². The monoisotopic (exact) mass is 297 g/mol. The first kappa shape index (κ1) is 21.2. The first-order chi connectivity index (χ1) is 9.09. The van der Waals surface area contributed by atoms with Crippen LogP contribution in [0, 0.1) is 0 Å². The lowest BCUT2D eigenvalue weighted by Gasteiger charge is -2.22. The van der Waals surface area contributed by atoms with E-state index in [1.807, 2.05) is 0 Å². The molecule has 9 nitrogen and oxygen atoms in total. The van der Waals surface area contributed by atoms with Gasteiger partial charge in [0.15, 0.2) is 6.29 Å². The molecule has 0 aromatic carbocycles. The standard InChI is InChI=1S/C6H12O6.C5H11NO2/c7-1-3(9)5(11)6(12)4(10)2-8;1-4(5(7)8)6(2)3/h1,3-6,8-12H,2H2;4H,1-3H3,(H,7,8). The van der Waals surface area contributed by atoms with Gasteiger partial charge in [0.2, 0.25) is 0 Å². The number of aldehydes is 1. The van der Waals surface area contributed by atoms with Gasteiger partial charge in [0.05, 0.1) is 6.61 Å². The highest BCUT2D eigenvalue weighted by molar-refractivity contribution is 5.72. The van der Waals surface area contributed by atoms with Crippen LogP contribution in [0.5, 0.6) is 0 Å². The second-order valence-electron chi connectivity index (χ2n) is 4.34. The third-order valence-corrected chi connectivity index (χ3v) is 2.55. The number of carboxylic acid groups (broad SMARTS) is 1. The largest absolute Gasteiger partial charge is 0.480 e. The van der Waals surface area contributed by atoms with Crippen molar-refractivity contribution in [2.45, 2.75) is 37.4 Å². The molecule has 0 rings (SSSR count). The predicted molar refractivity (Wildman–Crippen MR) is 68.0 cm³/mol. The van der Waals surface area contributed by atoms with Gasteiger partial charge in [0, 0.05) is 0 Å². The van der Waals surface area contributed by atoms with Gasteiger partial charge in [-0.25, -0.2) is 0 Å². The number of aliphatic hydroxyl groups excluding tert-OH is 5. The molecular weight excluding hydrogens is 274 g/mol. The molecule has 9 heteroatoms. The van der Waals surface area contributed by atoms with Crippen LogP contribution in [0.15, 0.2) is 0 Å². The molecule has 5 unspecified atom stereocenters. The molecule has 20 heavy (non-hydrogen) atoms. The van der Waals surface area contributed by atoms with Crippen LogP contribution in [0.4, 0.5) is 0 Å². The Bertz CT molecular complexity index is 286. The zero-order valence-corrected chi connectivity index (χ0v) is 11.6. The van der Waals surface area contributed by atoms with Crippen molar-refractivity contribution in [1.82, 2.24) is 4.90 Å². The highest BCUT2D eigenvalue weighted by Gasteiger charge is 2.29. The minimum absolute atomic E-state index is 0.0258. The number of carbonyl (C=O) groups excluding carboxylic acids is 1. The molecule has 0 amide bonds. The summed E-state index contributed by atoms with van der Waals surface area (Å²) in [5.41, 5.74) is 0. The molecule has 5 atom stereocenters. The Morgan fingerprint density at radius 2 is 1.60 bits per heavy atom. The lowest BCUT2D eigenvalue weighted by Crippen LogP contribution is -2.46. The van der Waals surface area contributed by atoms with Gasteiger partial charge in [-0.3, -0.25) is 9.69 Å². The van der Waals surface area contributed by atoms with Crippen molar-refractivity contribution >= 4 is 12.3 Å². The van der Waals surface area contributed by atoms with Gasteiger partial charge >= 0.3 is 5.97 Å². The Kier molecular flexibility index (Phi) is 11.3. The fourth-order valence-electron chi connectivity index (χ4n) is 0.839. The van der Waals surface area contributed by atoms with Gasteiger partial charge < -0.3 is 35.4 Å². The highest BCUT2D eigenvalue weighted by atomic mass is 16.4. The topological polar surface area (TPSA) is 159 Å². The van der Waals surface area contributed by atoms with Crippen LogP contribution in [-0.4, -0.2) is 99.0 Å². The van der Waals surface area contributed by atoms with Crippen LogP contribution in [0.1, 0.15) is 6.92 Å². The summed E-state index contributed by atoms with van der Waals surface area (Å²) in [6.07, 6.45) is -6.84. The van der Waals surface area contributed by atoms with Gasteiger partial charge in [-0.1, -0.05) is 0 Å². The molecule has 0 fully saturated rings. The Morgan fingerprint density at radius 3 is 1.80 bits per heavy atom. The Labute approximate surface area is 116 Å². The first-order valence-electron chi connectivity index (χ1n) is 5.77. The summed E-state index contributed by atoms with van der Waals surface area (Å²) >= 11 is 0. The molecule has 0 aliphatic heterocycles. The Morgan fingerprint density at radius 1 is 1.15 bits per heavy atom. The SMILES string of the molecule is CC(C(=O)O)N(C)C.O=CC(O)C(O)C(O)C(O)CO. The predicted octanol–water partition coefficient (Wildman–Crippen LogP) is -3.36. The smallest absolute Gasteiger partial charge is 0.320 e. The maximum absolute atomic E-state index is 10.1. The van der Waals surface area contributed by atoms with E-state index in [4.69, 9.17) is 30.6 Å². The molecule has 0 heterocycles. The van der Waals surface area contributed by atoms with Gasteiger partial charge in [-0.2, -0.15) is 0 Å². The molecule has 0 bridgehead atoms. The second kappa shape index (κ2) is 10.7. The number of nitrogens with zero attached hydrogens (tertiary/aromatic N) is 1. The fourth-order valence-corrected chi connectivity index (χ4v) is 0.839. The number of carbonyl (C=O) groups is 2. The van der Waals surface area contributed by atoms with Crippen LogP contribution < -0.4 is 0 Å². The van der Waals surface area contributed by atoms with Crippen LogP contribution in [0.2, 0.25) is 0 Å². The molecule has 0 aliphatic rings. The van der Waals surface area contributed by atoms with E-state index >= 15 is 0 Å². The quantitative estimate of drug-likeness (QED) is 0.264. The van der Waals surface area contributed by atoms with Crippen molar-refractivity contribution in [1.29, 1.82) is 0 Å². The third-order valence-electron chi connectivity index (χ3n) is 2.55. The number of likely N-dealkylation sites (N-methyl/N-ethyl adjacent to an activating group) is 1. The molecule has 0 aliphatic carbocycles. The normalized spacial score (nSPS) is 18.2. The Hall–Kier alpha value is -1.10. The number of aliphatic carboxylic acids is 1. The summed E-state index contributed by atoms with van der Waals surface area (Å²) in [6.45, 7) is 0.881. The van der Waals surface area contributed by atoms with E-state index in [1.165, 1.54) is 0 Å². The van der Waals surface area contributed by atoms with Crippen LogP contribution in [0.25, 0.3) is 0 Å². The average Bonchev–Trinajstić information content (AvgIpc) is 2.43. The van der Waals surface area contributed by atoms with Crippen LogP contribution >= 0.6 is 0 Å². The van der Waals surface area contributed by atoms with Gasteiger partial charge in [-0.15, -0.1) is 0 Å². The summed E-state index contributed by atoms with van der Waals surface area (Å²) < 4.78 is 0. The maximum atomic E-state index is 10.1. The summed E-state index contributed by atoms with van der Waals surface area (Å²) in [5, 5.41) is 51.8. The van der Waals surface area contributed by atoms with Gasteiger partial charge in [0.1, 0.15) is 30.5 Å². The fraction of sp³-hybridized carbons (Fsp3) is 0.818. The number of hydrogen-bond acceptors (Lipinski definition) is 8. The Balaban J connectivity index is 0. The first-order valence-corrected chi connectivity index (χ1v) is 5.77. The molecule has 0 radical (unpaired) electrons. The van der Waals surface area contributed by atoms with Gasteiger partial charge in [-0.05, 0) is 21.0 Å². The van der Waals surface area contributed by atoms with Crippen LogP contribution in [0.3, 0.4) is 0 Å². The lowest BCUT2D eigenvalue weighted by molar-refractivity contribution is -0.141. The average molecular weight is 297 g/mol.